The second-order valence-electron chi connectivity index (χ2n) is 18.5. The van der Waals surface area contributed by atoms with Crippen LogP contribution in [0.5, 0.6) is 17.2 Å². The van der Waals surface area contributed by atoms with Crippen molar-refractivity contribution in [1.29, 1.82) is 0 Å². The second kappa shape index (κ2) is 20.3. The summed E-state index contributed by atoms with van der Waals surface area (Å²) in [5.74, 6) is -0.990. The fourth-order valence-electron chi connectivity index (χ4n) is 10.5. The first-order valence-corrected chi connectivity index (χ1v) is 23.6. The Balaban J connectivity index is 1.17. The van der Waals surface area contributed by atoms with E-state index in [0.29, 0.717) is 42.0 Å². The number of amides is 1. The minimum Gasteiger partial charge on any atom is -0.506 e. The number of fused-ring (bicyclic) bond motifs is 7. The summed E-state index contributed by atoms with van der Waals surface area (Å²) in [5, 5.41) is 66.3. The Labute approximate surface area is 394 Å². The van der Waals surface area contributed by atoms with Gasteiger partial charge in [-0.1, -0.05) is 37.1 Å². The molecule has 2 fully saturated rings. The molecule has 6 atom stereocenters. The standard InChI is InChI=1S/C52H62N4O12/c1-53-23-31-11-8-12-33-38(31)25-56(50(33)62)26-40(58)45-35(30-9-4-5-10-30)20-32-21-42(65-3)34-14-16-41(37-24-55-39-15-13-29(19-36(37)39)22-54-17-6-7-18-64-2)66-27-43-46(59)49(61)52(63,28-57)51(67-43)68-48(34)44(32)47(45)60/h8,11-16,19-21,24,30,41,43,46,49,51,53-55,57,59-61,63H,4-7,9-10,17-18,22-23,25-28H2,1-3H3. The summed E-state index contributed by atoms with van der Waals surface area (Å²) in [6, 6.07) is 15.3. The van der Waals surface area contributed by atoms with Gasteiger partial charge in [0.05, 0.1) is 43.4 Å². The predicted octanol–water partition coefficient (Wildman–Crippen LogP) is 5.10. The molecule has 2 bridgehead atoms. The number of ketones is 1. The SMILES string of the molecule is CNCc1cccc2c1CN(CC(=O)c1c(C3CCCC3)cc3cc(OC)c4c(c3c1O)OC1OC(COC(c3c[nH]c5ccc(CNCCCCOC)cc35)C=C4)C(O)C(O)C1(O)CO)C2=O. The maximum Gasteiger partial charge on any atom is 0.254 e. The number of carbonyl (C=O) groups is 2. The molecule has 362 valence electrons. The molecule has 16 heteroatoms. The maximum atomic E-state index is 14.9. The quantitative estimate of drug-likeness (QED) is 0.0477. The third-order valence-electron chi connectivity index (χ3n) is 14.2. The Bertz CT molecular complexity index is 2700. The first-order valence-electron chi connectivity index (χ1n) is 23.6. The molecule has 9 rings (SSSR count). The van der Waals surface area contributed by atoms with Gasteiger partial charge in [0.15, 0.2) is 11.4 Å². The molecule has 8 N–H and O–H groups in total. The van der Waals surface area contributed by atoms with E-state index in [1.54, 1.807) is 31.4 Å². The fraction of sp³-hybridized carbons (Fsp3) is 0.462. The maximum absolute atomic E-state index is 14.9. The molecule has 1 amide bonds. The van der Waals surface area contributed by atoms with E-state index in [0.717, 1.165) is 78.2 Å². The van der Waals surface area contributed by atoms with Crippen molar-refractivity contribution >= 4 is 39.4 Å². The van der Waals surface area contributed by atoms with Crippen LogP contribution in [0.1, 0.15) is 105 Å². The number of hydrogen-bond donors (Lipinski definition) is 8. The van der Waals surface area contributed by atoms with Crippen molar-refractivity contribution in [2.45, 2.75) is 100 Å². The number of H-pyrrole nitrogens is 1. The monoisotopic (exact) mass is 934 g/mol. The van der Waals surface area contributed by atoms with Gasteiger partial charge in [0.2, 0.25) is 6.29 Å². The topological polar surface area (TPSA) is 225 Å². The van der Waals surface area contributed by atoms with E-state index in [1.807, 2.05) is 43.6 Å². The van der Waals surface area contributed by atoms with Gasteiger partial charge in [0.1, 0.15) is 41.7 Å². The normalized spacial score (nSPS) is 24.0. The average Bonchev–Trinajstić information content (AvgIpc) is 4.10. The van der Waals surface area contributed by atoms with Crippen LogP contribution >= 0.6 is 0 Å². The summed E-state index contributed by atoms with van der Waals surface area (Å²) >= 11 is 0. The number of methoxy groups -OCH3 is 2. The number of unbranched alkanes of at least 4 members (excludes halogenated alkanes) is 1. The summed E-state index contributed by atoms with van der Waals surface area (Å²) in [7, 11) is 5.02. The predicted molar refractivity (Wildman–Crippen MR) is 254 cm³/mol. The number of nitrogens with zero attached hydrogens (tertiary/aromatic N) is 1. The molecular formula is C52H62N4O12. The van der Waals surface area contributed by atoms with Gasteiger partial charge in [-0.15, -0.1) is 0 Å². The molecule has 4 heterocycles. The third-order valence-corrected chi connectivity index (χ3v) is 14.2. The molecule has 1 saturated heterocycles. The van der Waals surface area contributed by atoms with Gasteiger partial charge in [-0.25, -0.2) is 0 Å². The summed E-state index contributed by atoms with van der Waals surface area (Å²) in [5.41, 5.74) is 3.38. The van der Waals surface area contributed by atoms with Crippen LogP contribution in [0.3, 0.4) is 0 Å². The van der Waals surface area contributed by atoms with Crippen molar-refractivity contribution in [3.8, 4) is 17.2 Å². The lowest BCUT2D eigenvalue weighted by molar-refractivity contribution is -0.329. The molecule has 3 aliphatic heterocycles. The lowest BCUT2D eigenvalue weighted by Gasteiger charge is -2.47. The third kappa shape index (κ3) is 8.89. The van der Waals surface area contributed by atoms with Crippen LogP contribution < -0.4 is 20.1 Å². The lowest BCUT2D eigenvalue weighted by atomic mass is 9.86. The lowest BCUT2D eigenvalue weighted by Crippen LogP contribution is -2.69. The largest absolute Gasteiger partial charge is 0.506 e. The van der Waals surface area contributed by atoms with Crippen LogP contribution in [-0.2, 0) is 33.8 Å². The van der Waals surface area contributed by atoms with E-state index in [2.05, 4.69) is 21.7 Å². The number of phenols is 1. The first kappa shape index (κ1) is 47.7. The van der Waals surface area contributed by atoms with Gasteiger partial charge in [-0.05, 0) is 109 Å². The molecule has 0 radical (unpaired) electrons. The molecule has 6 unspecified atom stereocenters. The zero-order chi connectivity index (χ0) is 47.7. The van der Waals surface area contributed by atoms with E-state index in [4.69, 9.17) is 23.7 Å². The Hall–Kier alpha value is -5.40. The van der Waals surface area contributed by atoms with Gasteiger partial charge in [-0.3, -0.25) is 9.59 Å². The Morgan fingerprint density at radius 2 is 1.87 bits per heavy atom. The number of benzene rings is 4. The van der Waals surface area contributed by atoms with Crippen LogP contribution in [0.2, 0.25) is 0 Å². The molecule has 1 aromatic heterocycles. The van der Waals surface area contributed by atoms with Crippen LogP contribution in [0.15, 0.2) is 60.8 Å². The molecule has 68 heavy (non-hydrogen) atoms. The number of ether oxygens (including phenoxy) is 5. The summed E-state index contributed by atoms with van der Waals surface area (Å²) in [6.07, 6.45) is 3.12. The zero-order valence-corrected chi connectivity index (χ0v) is 38.8. The van der Waals surface area contributed by atoms with Crippen molar-refractivity contribution in [2.75, 3.05) is 54.2 Å². The Morgan fingerprint density at radius 1 is 1.04 bits per heavy atom. The number of hydrogen-bond acceptors (Lipinski definition) is 14. The van der Waals surface area contributed by atoms with Crippen LogP contribution in [-0.4, -0.2) is 131 Å². The van der Waals surface area contributed by atoms with Crippen LogP contribution in [0.25, 0.3) is 27.8 Å². The molecule has 16 nitrogen and oxygen atoms in total. The van der Waals surface area contributed by atoms with Crippen LogP contribution in [0, 0.1) is 0 Å². The van der Waals surface area contributed by atoms with Crippen molar-refractivity contribution in [3.63, 3.8) is 0 Å². The van der Waals surface area contributed by atoms with Crippen LogP contribution in [0.4, 0.5) is 0 Å². The summed E-state index contributed by atoms with van der Waals surface area (Å²) < 4.78 is 30.6. The molecule has 0 spiro atoms. The molecule has 1 saturated carbocycles. The van der Waals surface area contributed by atoms with Gasteiger partial charge in [0, 0.05) is 61.6 Å². The van der Waals surface area contributed by atoms with Crippen molar-refractivity contribution in [1.82, 2.24) is 20.5 Å². The molecular weight excluding hydrogens is 873 g/mol. The van der Waals surface area contributed by atoms with Gasteiger partial charge in [-0.2, -0.15) is 0 Å². The van der Waals surface area contributed by atoms with E-state index >= 15 is 0 Å². The van der Waals surface area contributed by atoms with Crippen molar-refractivity contribution in [3.05, 3.63) is 105 Å². The Kier molecular flexibility index (Phi) is 14.2. The second-order valence-corrected chi connectivity index (χ2v) is 18.5. The number of phenolic OH excluding ortho intramolecular Hbond substituents is 1. The van der Waals surface area contributed by atoms with E-state index in [-0.39, 0.29) is 53.8 Å². The minimum absolute atomic E-state index is 0.0495. The highest BCUT2D eigenvalue weighted by Gasteiger charge is 2.57. The molecule has 4 aromatic carbocycles. The number of carbonyl (C=O) groups excluding carboxylic acids is 2. The number of aliphatic hydroxyl groups excluding tert-OH is 3. The van der Waals surface area contributed by atoms with E-state index in [9.17, 15) is 35.1 Å². The van der Waals surface area contributed by atoms with Gasteiger partial charge >= 0.3 is 0 Å². The fourth-order valence-corrected chi connectivity index (χ4v) is 10.5. The Morgan fingerprint density at radius 3 is 2.63 bits per heavy atom. The van der Waals surface area contributed by atoms with E-state index in [1.165, 1.54) is 12.0 Å². The number of aromatic amines is 1. The van der Waals surface area contributed by atoms with Gasteiger partial charge in [0.25, 0.3) is 5.91 Å². The molecule has 4 aliphatic rings. The number of aliphatic hydroxyl groups is 4. The highest BCUT2D eigenvalue weighted by molar-refractivity contribution is 6.11. The zero-order valence-electron chi connectivity index (χ0n) is 38.8. The molecule has 1 aliphatic carbocycles. The number of nitrogens with one attached hydrogen (secondary N) is 3. The summed E-state index contributed by atoms with van der Waals surface area (Å²) in [4.78, 5) is 33.6. The highest BCUT2D eigenvalue weighted by Crippen LogP contribution is 2.50. The average molecular weight is 935 g/mol. The first-order chi connectivity index (χ1) is 33.0. The van der Waals surface area contributed by atoms with Gasteiger partial charge < -0.3 is 69.7 Å². The van der Waals surface area contributed by atoms with Crippen molar-refractivity contribution in [2.24, 2.45) is 0 Å². The number of Topliss-reactive ketones (excluding diaryl/α,β-unsaturated/α-hetero) is 1. The summed E-state index contributed by atoms with van der Waals surface area (Å²) in [6.45, 7) is 1.29. The molecule has 5 aromatic rings. The number of aromatic nitrogens is 1. The minimum atomic E-state index is -2.57. The number of rotatable bonds is 16. The highest BCUT2D eigenvalue weighted by atomic mass is 16.7. The smallest absolute Gasteiger partial charge is 0.254 e. The van der Waals surface area contributed by atoms with Crippen molar-refractivity contribution < 1.29 is 58.8 Å². The van der Waals surface area contributed by atoms with E-state index < -0.39 is 54.4 Å². The number of aromatic hydroxyl groups is 1.